The number of carbonyl (C=O) groups is 1. The van der Waals surface area contributed by atoms with Crippen LogP contribution in [0.1, 0.15) is 0 Å². The summed E-state index contributed by atoms with van der Waals surface area (Å²) in [5.74, 6) is -2.13. The maximum absolute atomic E-state index is 13.9. The van der Waals surface area contributed by atoms with E-state index in [9.17, 15) is 18.4 Å². The van der Waals surface area contributed by atoms with Gasteiger partial charge in [-0.05, 0) is 30.3 Å². The summed E-state index contributed by atoms with van der Waals surface area (Å²) in [5, 5.41) is 6.75. The minimum Gasteiger partial charge on any atom is -0.334 e. The van der Waals surface area contributed by atoms with Gasteiger partial charge >= 0.3 is 0 Å². The summed E-state index contributed by atoms with van der Waals surface area (Å²) in [6.45, 7) is -0.459. The van der Waals surface area contributed by atoms with Crippen LogP contribution in [0.5, 0.6) is 0 Å². The van der Waals surface area contributed by atoms with Crippen LogP contribution in [-0.4, -0.2) is 25.6 Å². The summed E-state index contributed by atoms with van der Waals surface area (Å²) in [6, 6.07) is 14.8. The smallest absolute Gasteiger partial charge is 0.259 e. The molecule has 2 aromatic carbocycles. The molecular weight excluding hydrogens is 444 g/mol. The molecule has 5 aromatic rings. The van der Waals surface area contributed by atoms with Gasteiger partial charge in [-0.15, -0.1) is 0 Å². The highest BCUT2D eigenvalue weighted by Gasteiger charge is 2.19. The second-order valence-corrected chi connectivity index (χ2v) is 7.30. The number of anilines is 1. The minimum atomic E-state index is -0.915. The van der Waals surface area contributed by atoms with Crippen molar-refractivity contribution in [2.75, 3.05) is 5.32 Å². The van der Waals surface area contributed by atoms with E-state index >= 15 is 0 Å². The Morgan fingerprint density at radius 2 is 1.74 bits per heavy atom. The SMILES string of the molecule is O=C(Cn1c(=O)cc(-c2nc(-c3ccncc3)no2)c2ccccc21)Nc1c(F)cccc1F. The fourth-order valence-electron chi connectivity index (χ4n) is 3.57. The monoisotopic (exact) mass is 459 g/mol. The molecule has 0 bridgehead atoms. The summed E-state index contributed by atoms with van der Waals surface area (Å²) in [7, 11) is 0. The first-order valence-electron chi connectivity index (χ1n) is 10.1. The second kappa shape index (κ2) is 8.66. The van der Waals surface area contributed by atoms with E-state index in [-0.39, 0.29) is 5.89 Å². The Morgan fingerprint density at radius 1 is 1.00 bits per heavy atom. The van der Waals surface area contributed by atoms with E-state index in [1.807, 2.05) is 0 Å². The van der Waals surface area contributed by atoms with Crippen molar-refractivity contribution in [3.8, 4) is 22.8 Å². The van der Waals surface area contributed by atoms with Gasteiger partial charge in [0.2, 0.25) is 11.7 Å². The number of aromatic nitrogens is 4. The van der Waals surface area contributed by atoms with Crippen LogP contribution in [0.3, 0.4) is 0 Å². The standard InChI is InChI=1S/C24H15F2N5O3/c25-17-5-3-6-18(26)22(17)28-20(32)13-31-19-7-2-1-4-15(19)16(12-21(31)33)24-29-23(30-34-24)14-8-10-27-11-9-14/h1-12H,13H2,(H,28,32). The van der Waals surface area contributed by atoms with Crippen LogP contribution in [0.15, 0.2) is 82.4 Å². The molecule has 34 heavy (non-hydrogen) atoms. The molecule has 3 aromatic heterocycles. The van der Waals surface area contributed by atoms with E-state index in [4.69, 9.17) is 4.52 Å². The number of fused-ring (bicyclic) bond motifs is 1. The van der Waals surface area contributed by atoms with Crippen molar-refractivity contribution in [3.05, 3.63) is 95.0 Å². The van der Waals surface area contributed by atoms with Gasteiger partial charge in [0, 0.05) is 29.4 Å². The lowest BCUT2D eigenvalue weighted by Gasteiger charge is -2.13. The molecule has 0 unspecified atom stereocenters. The summed E-state index contributed by atoms with van der Waals surface area (Å²) < 4.78 is 34.4. The lowest BCUT2D eigenvalue weighted by molar-refractivity contribution is -0.116. The van der Waals surface area contributed by atoms with Crippen molar-refractivity contribution in [1.29, 1.82) is 0 Å². The van der Waals surface area contributed by atoms with Gasteiger partial charge in [0.15, 0.2) is 0 Å². The summed E-state index contributed by atoms with van der Waals surface area (Å²) in [5.41, 5.74) is 0.403. The van der Waals surface area contributed by atoms with Crippen molar-refractivity contribution in [1.82, 2.24) is 19.7 Å². The van der Waals surface area contributed by atoms with Crippen LogP contribution >= 0.6 is 0 Å². The molecule has 0 aliphatic rings. The molecule has 1 N–H and O–H groups in total. The first kappa shape index (κ1) is 21.1. The maximum Gasteiger partial charge on any atom is 0.259 e. The number of rotatable bonds is 5. The van der Waals surface area contributed by atoms with Crippen LogP contribution in [0.2, 0.25) is 0 Å². The van der Waals surface area contributed by atoms with Crippen LogP contribution < -0.4 is 10.9 Å². The number of nitrogens with zero attached hydrogens (tertiary/aromatic N) is 4. The van der Waals surface area contributed by atoms with E-state index in [1.54, 1.807) is 48.8 Å². The zero-order chi connectivity index (χ0) is 23.7. The quantitative estimate of drug-likeness (QED) is 0.426. The van der Waals surface area contributed by atoms with Gasteiger partial charge in [0.05, 0.1) is 11.1 Å². The van der Waals surface area contributed by atoms with Crippen LogP contribution in [0.25, 0.3) is 33.7 Å². The fourth-order valence-corrected chi connectivity index (χ4v) is 3.57. The predicted molar refractivity (Wildman–Crippen MR) is 120 cm³/mol. The topological polar surface area (TPSA) is 103 Å². The molecule has 1 amide bonds. The molecule has 0 saturated heterocycles. The van der Waals surface area contributed by atoms with Crippen molar-refractivity contribution in [2.45, 2.75) is 6.54 Å². The highest BCUT2D eigenvalue weighted by molar-refractivity contribution is 5.95. The van der Waals surface area contributed by atoms with Crippen molar-refractivity contribution < 1.29 is 18.1 Å². The van der Waals surface area contributed by atoms with Crippen LogP contribution in [0.4, 0.5) is 14.5 Å². The van der Waals surface area contributed by atoms with Gasteiger partial charge in [0.25, 0.3) is 11.4 Å². The molecule has 8 nitrogen and oxygen atoms in total. The number of hydrogen-bond acceptors (Lipinski definition) is 6. The van der Waals surface area contributed by atoms with Crippen LogP contribution in [-0.2, 0) is 11.3 Å². The number of benzene rings is 2. The van der Waals surface area contributed by atoms with Crippen molar-refractivity contribution in [3.63, 3.8) is 0 Å². The molecule has 0 radical (unpaired) electrons. The van der Waals surface area contributed by atoms with E-state index in [1.165, 1.54) is 16.7 Å². The number of hydrogen-bond donors (Lipinski definition) is 1. The van der Waals surface area contributed by atoms with Gasteiger partial charge in [-0.2, -0.15) is 4.98 Å². The van der Waals surface area contributed by atoms with Crippen LogP contribution in [0, 0.1) is 11.6 Å². The summed E-state index contributed by atoms with van der Waals surface area (Å²) >= 11 is 0. The second-order valence-electron chi connectivity index (χ2n) is 7.30. The number of amides is 1. The fraction of sp³-hybridized carbons (Fsp3) is 0.0417. The molecule has 0 fully saturated rings. The predicted octanol–water partition coefficient (Wildman–Crippen LogP) is 4.03. The number of para-hydroxylation sites is 2. The summed E-state index contributed by atoms with van der Waals surface area (Å²) in [6.07, 6.45) is 3.19. The van der Waals surface area contributed by atoms with E-state index < -0.39 is 35.3 Å². The van der Waals surface area contributed by atoms with Gasteiger partial charge < -0.3 is 9.84 Å². The first-order chi connectivity index (χ1) is 16.5. The Labute approximate surface area is 190 Å². The van der Waals surface area contributed by atoms with Crippen molar-refractivity contribution in [2.24, 2.45) is 0 Å². The molecule has 0 aliphatic carbocycles. The molecule has 5 rings (SSSR count). The highest BCUT2D eigenvalue weighted by Crippen LogP contribution is 2.28. The van der Waals surface area contributed by atoms with Gasteiger partial charge in [-0.25, -0.2) is 8.78 Å². The molecule has 168 valence electrons. The molecule has 0 atom stereocenters. The third-order valence-corrected chi connectivity index (χ3v) is 5.14. The maximum atomic E-state index is 13.9. The number of halogens is 2. The number of carbonyl (C=O) groups excluding carboxylic acids is 1. The van der Waals surface area contributed by atoms with E-state index in [0.29, 0.717) is 27.9 Å². The van der Waals surface area contributed by atoms with E-state index in [2.05, 4.69) is 20.4 Å². The highest BCUT2D eigenvalue weighted by atomic mass is 19.1. The lowest BCUT2D eigenvalue weighted by atomic mass is 10.1. The number of pyridine rings is 2. The van der Waals surface area contributed by atoms with Gasteiger partial charge in [-0.3, -0.25) is 19.1 Å². The average Bonchev–Trinajstić information content (AvgIpc) is 3.34. The molecule has 0 saturated carbocycles. The van der Waals surface area contributed by atoms with E-state index in [0.717, 1.165) is 12.1 Å². The Bertz CT molecular complexity index is 1560. The third-order valence-electron chi connectivity index (χ3n) is 5.14. The minimum absolute atomic E-state index is 0.130. The van der Waals surface area contributed by atoms with Crippen molar-refractivity contribution >= 4 is 22.5 Å². The zero-order valence-electron chi connectivity index (χ0n) is 17.4. The Balaban J connectivity index is 1.52. The third kappa shape index (κ3) is 3.92. The molecule has 10 heteroatoms. The lowest BCUT2D eigenvalue weighted by Crippen LogP contribution is -2.28. The van der Waals surface area contributed by atoms with Gasteiger partial charge in [-0.1, -0.05) is 29.4 Å². The Morgan fingerprint density at radius 3 is 2.50 bits per heavy atom. The molecule has 3 heterocycles. The first-order valence-corrected chi connectivity index (χ1v) is 10.1. The Hall–Kier alpha value is -4.73. The average molecular weight is 459 g/mol. The largest absolute Gasteiger partial charge is 0.334 e. The molecule has 0 spiro atoms. The Kier molecular flexibility index (Phi) is 5.38. The molecular formula is C24H15F2N5O3. The van der Waals surface area contributed by atoms with Gasteiger partial charge in [0.1, 0.15) is 23.9 Å². The normalized spacial score (nSPS) is 11.0. The summed E-state index contributed by atoms with van der Waals surface area (Å²) in [4.78, 5) is 33.9. The molecule has 0 aliphatic heterocycles. The number of nitrogens with one attached hydrogen (secondary N) is 1. The zero-order valence-corrected chi connectivity index (χ0v) is 17.4.